The molecule has 0 saturated carbocycles. The molecular formula is C17H18N2O6S3-2. The van der Waals surface area contributed by atoms with Crippen molar-refractivity contribution in [3.05, 3.63) is 59.7 Å². The van der Waals surface area contributed by atoms with Gasteiger partial charge < -0.3 is 19.7 Å². The van der Waals surface area contributed by atoms with E-state index in [1.165, 1.54) is 24.3 Å². The van der Waals surface area contributed by atoms with Crippen molar-refractivity contribution >= 4 is 37.6 Å². The smallest absolute Gasteiger partial charge is 0.166 e. The topological polar surface area (TPSA) is 138 Å². The van der Waals surface area contributed by atoms with Gasteiger partial charge in [0.05, 0.1) is 9.79 Å². The van der Waals surface area contributed by atoms with Crippen molar-refractivity contribution in [3.8, 4) is 0 Å². The molecule has 8 nitrogen and oxygen atoms in total. The molecule has 0 aliphatic heterocycles. The Morgan fingerprint density at radius 1 is 0.714 bits per heavy atom. The molecule has 0 bridgehead atoms. The Hall–Kier alpha value is -2.05. The summed E-state index contributed by atoms with van der Waals surface area (Å²) in [7, 11) is -8.88. The third kappa shape index (κ3) is 7.17. The van der Waals surface area contributed by atoms with E-state index in [0.717, 1.165) is 11.1 Å². The minimum absolute atomic E-state index is 0.262. The molecule has 0 radical (unpaired) electrons. The van der Waals surface area contributed by atoms with Gasteiger partial charge in [-0.05, 0) is 60.5 Å². The van der Waals surface area contributed by atoms with Gasteiger partial charge in [0.25, 0.3) is 0 Å². The highest BCUT2D eigenvalue weighted by atomic mass is 32.2. The Morgan fingerprint density at radius 2 is 1.04 bits per heavy atom. The molecule has 28 heavy (non-hydrogen) atoms. The second-order valence-corrected chi connectivity index (χ2v) is 9.05. The zero-order valence-electron chi connectivity index (χ0n) is 14.6. The maximum absolute atomic E-state index is 10.9. The van der Waals surface area contributed by atoms with E-state index in [4.69, 9.17) is 12.2 Å². The van der Waals surface area contributed by atoms with Gasteiger partial charge in [0.2, 0.25) is 0 Å². The van der Waals surface area contributed by atoms with Gasteiger partial charge in [0.1, 0.15) is 20.2 Å². The highest BCUT2D eigenvalue weighted by molar-refractivity contribution is 7.86. The van der Waals surface area contributed by atoms with Crippen LogP contribution in [0.4, 0.5) is 0 Å². The summed E-state index contributed by atoms with van der Waals surface area (Å²) in [5.41, 5.74) is 1.72. The molecule has 0 aliphatic rings. The third-order valence-corrected chi connectivity index (χ3v) is 5.81. The van der Waals surface area contributed by atoms with E-state index < -0.39 is 20.2 Å². The normalized spacial score (nSPS) is 11.8. The average Bonchev–Trinajstić information content (AvgIpc) is 2.61. The Labute approximate surface area is 169 Å². The van der Waals surface area contributed by atoms with Crippen LogP contribution >= 0.6 is 12.2 Å². The monoisotopic (exact) mass is 442 g/mol. The van der Waals surface area contributed by atoms with Crippen molar-refractivity contribution in [3.63, 3.8) is 0 Å². The third-order valence-electron chi connectivity index (χ3n) is 3.82. The highest BCUT2D eigenvalue weighted by Gasteiger charge is 2.03. The van der Waals surface area contributed by atoms with Gasteiger partial charge in [-0.15, -0.1) is 0 Å². The number of hydrogen-bond acceptors (Lipinski definition) is 7. The summed E-state index contributed by atoms with van der Waals surface area (Å²) in [4.78, 5) is -0.524. The molecule has 0 amide bonds. The van der Waals surface area contributed by atoms with Gasteiger partial charge in [-0.1, -0.05) is 24.3 Å². The van der Waals surface area contributed by atoms with E-state index >= 15 is 0 Å². The molecule has 2 N–H and O–H groups in total. The molecule has 0 atom stereocenters. The fourth-order valence-electron chi connectivity index (χ4n) is 2.35. The van der Waals surface area contributed by atoms with Crippen molar-refractivity contribution < 1.29 is 25.9 Å². The molecule has 11 heteroatoms. The minimum Gasteiger partial charge on any atom is -0.744 e. The van der Waals surface area contributed by atoms with Crippen LogP contribution in [0.3, 0.4) is 0 Å². The molecule has 2 aromatic carbocycles. The van der Waals surface area contributed by atoms with E-state index in [0.29, 0.717) is 31.0 Å². The van der Waals surface area contributed by atoms with Crippen LogP contribution in [0.25, 0.3) is 0 Å². The van der Waals surface area contributed by atoms with Crippen LogP contribution in [0.1, 0.15) is 11.1 Å². The van der Waals surface area contributed by atoms with Gasteiger partial charge in [0.15, 0.2) is 5.11 Å². The maximum atomic E-state index is 10.9. The first-order valence-corrected chi connectivity index (χ1v) is 11.4. The molecule has 2 aromatic rings. The van der Waals surface area contributed by atoms with Crippen LogP contribution in [-0.2, 0) is 33.1 Å². The first kappa shape index (κ1) is 22.2. The van der Waals surface area contributed by atoms with Gasteiger partial charge in [0, 0.05) is 13.1 Å². The Kier molecular flexibility index (Phi) is 7.49. The Morgan fingerprint density at radius 3 is 1.32 bits per heavy atom. The second-order valence-electron chi connectivity index (χ2n) is 5.88. The molecular weight excluding hydrogens is 424 g/mol. The molecule has 152 valence electrons. The summed E-state index contributed by atoms with van der Waals surface area (Å²) in [5.74, 6) is 0. The van der Waals surface area contributed by atoms with Crippen molar-refractivity contribution in [1.29, 1.82) is 0 Å². The zero-order chi connectivity index (χ0) is 20.8. The lowest BCUT2D eigenvalue weighted by atomic mass is 10.1. The predicted molar refractivity (Wildman–Crippen MR) is 105 cm³/mol. The second kappa shape index (κ2) is 9.43. The van der Waals surface area contributed by atoms with Crippen molar-refractivity contribution in [1.82, 2.24) is 10.6 Å². The average molecular weight is 443 g/mol. The number of benzene rings is 2. The molecule has 0 aromatic heterocycles. The largest absolute Gasteiger partial charge is 0.744 e. The number of thiocarbonyl (C=S) groups is 1. The van der Waals surface area contributed by atoms with Crippen molar-refractivity contribution in [2.24, 2.45) is 0 Å². The lowest BCUT2D eigenvalue weighted by Gasteiger charge is -2.12. The van der Waals surface area contributed by atoms with E-state index in [1.807, 2.05) is 0 Å². The van der Waals surface area contributed by atoms with Gasteiger partial charge in [-0.25, -0.2) is 16.8 Å². The lowest BCUT2D eigenvalue weighted by molar-refractivity contribution is 0.461. The molecule has 0 unspecified atom stereocenters. The SMILES string of the molecule is O=S(=O)([O-])c1ccc(CCNC(=S)NCCc2ccc(S(=O)(=O)[O-])cc2)cc1. The number of rotatable bonds is 8. The molecule has 0 heterocycles. The van der Waals surface area contributed by atoms with E-state index in [-0.39, 0.29) is 9.79 Å². The quantitative estimate of drug-likeness (QED) is 0.448. The molecule has 0 saturated heterocycles. The van der Waals surface area contributed by atoms with Crippen LogP contribution < -0.4 is 10.6 Å². The maximum Gasteiger partial charge on any atom is 0.166 e. The standard InChI is InChI=1S/C17H20N2O6S3/c20-27(21,22)15-5-1-13(2-6-15)9-11-18-17(26)19-12-10-14-3-7-16(8-4-14)28(23,24)25/h1-8H,9-12H2,(H2,18,19,26)(H,20,21,22)(H,23,24,25)/p-2. The molecule has 0 fully saturated rings. The summed E-state index contributed by atoms with van der Waals surface area (Å²) in [6, 6.07) is 11.4. The Balaban J connectivity index is 1.70. The lowest BCUT2D eigenvalue weighted by Crippen LogP contribution is -2.37. The minimum atomic E-state index is -4.44. The molecule has 2 rings (SSSR count). The summed E-state index contributed by atoms with van der Waals surface area (Å²) in [6.45, 7) is 1.04. The summed E-state index contributed by atoms with van der Waals surface area (Å²) in [5, 5.41) is 6.46. The number of nitrogens with one attached hydrogen (secondary N) is 2. The van der Waals surface area contributed by atoms with E-state index in [9.17, 15) is 25.9 Å². The van der Waals surface area contributed by atoms with E-state index in [2.05, 4.69) is 10.6 Å². The summed E-state index contributed by atoms with van der Waals surface area (Å²) in [6.07, 6.45) is 1.18. The summed E-state index contributed by atoms with van der Waals surface area (Å²) < 4.78 is 65.3. The fraction of sp³-hybridized carbons (Fsp3) is 0.235. The Bertz CT molecular complexity index is 934. The van der Waals surface area contributed by atoms with Crippen LogP contribution in [0.2, 0.25) is 0 Å². The van der Waals surface area contributed by atoms with Gasteiger partial charge in [-0.2, -0.15) is 0 Å². The van der Waals surface area contributed by atoms with Crippen LogP contribution in [0, 0.1) is 0 Å². The van der Waals surface area contributed by atoms with Gasteiger partial charge >= 0.3 is 0 Å². The van der Waals surface area contributed by atoms with Crippen molar-refractivity contribution in [2.75, 3.05) is 13.1 Å². The van der Waals surface area contributed by atoms with Crippen molar-refractivity contribution in [2.45, 2.75) is 22.6 Å². The first-order chi connectivity index (χ1) is 13.1. The summed E-state index contributed by atoms with van der Waals surface area (Å²) >= 11 is 5.16. The highest BCUT2D eigenvalue weighted by Crippen LogP contribution is 2.11. The van der Waals surface area contributed by atoms with E-state index in [1.54, 1.807) is 24.3 Å². The van der Waals surface area contributed by atoms with Crippen LogP contribution in [0.5, 0.6) is 0 Å². The molecule has 0 aliphatic carbocycles. The number of hydrogen-bond donors (Lipinski definition) is 2. The molecule has 0 spiro atoms. The predicted octanol–water partition coefficient (Wildman–Crippen LogP) is 0.744. The zero-order valence-corrected chi connectivity index (χ0v) is 17.1. The van der Waals surface area contributed by atoms with Gasteiger partial charge in [-0.3, -0.25) is 0 Å². The first-order valence-electron chi connectivity index (χ1n) is 8.17. The van der Waals surface area contributed by atoms with Crippen LogP contribution in [0.15, 0.2) is 58.3 Å². The fourth-order valence-corrected chi connectivity index (χ4v) is 3.49. The van der Waals surface area contributed by atoms with Crippen LogP contribution in [-0.4, -0.2) is 44.1 Å².